The van der Waals surface area contributed by atoms with Crippen molar-refractivity contribution in [2.24, 2.45) is 5.73 Å². The lowest BCUT2D eigenvalue weighted by molar-refractivity contribution is 0.0204. The van der Waals surface area contributed by atoms with Crippen molar-refractivity contribution in [3.05, 3.63) is 58.0 Å². The van der Waals surface area contributed by atoms with Crippen LogP contribution in [0, 0.1) is 5.82 Å². The summed E-state index contributed by atoms with van der Waals surface area (Å²) in [5, 5.41) is 2.00. The summed E-state index contributed by atoms with van der Waals surface area (Å²) in [6.45, 7) is 2.44. The van der Waals surface area contributed by atoms with Crippen LogP contribution in [-0.4, -0.2) is 6.04 Å². The van der Waals surface area contributed by atoms with Crippen molar-refractivity contribution in [1.82, 2.24) is 0 Å². The van der Waals surface area contributed by atoms with Crippen molar-refractivity contribution >= 4 is 11.3 Å². The summed E-state index contributed by atoms with van der Waals surface area (Å²) in [4.78, 5) is 1.12. The summed E-state index contributed by atoms with van der Waals surface area (Å²) in [6, 6.07) is 10.4. The Bertz CT molecular complexity index is 501. The zero-order valence-corrected chi connectivity index (χ0v) is 11.7. The van der Waals surface area contributed by atoms with Crippen LogP contribution in [0.15, 0.2) is 41.8 Å². The molecule has 0 aliphatic heterocycles. The molecule has 0 saturated carbocycles. The lowest BCUT2D eigenvalue weighted by atomic mass is 10.0. The van der Waals surface area contributed by atoms with Crippen LogP contribution < -0.4 is 5.73 Å². The lowest BCUT2D eigenvalue weighted by Crippen LogP contribution is -2.30. The molecule has 1 heterocycles. The zero-order chi connectivity index (χ0) is 13.7. The van der Waals surface area contributed by atoms with Gasteiger partial charge in [0, 0.05) is 16.5 Å². The van der Waals surface area contributed by atoms with E-state index in [1.54, 1.807) is 23.5 Å². The fourth-order valence-electron chi connectivity index (χ4n) is 1.93. The first-order chi connectivity index (χ1) is 9.22. The molecule has 1 aromatic heterocycles. The Hall–Kier alpha value is -1.23. The highest BCUT2D eigenvalue weighted by Gasteiger charge is 2.22. The maximum atomic E-state index is 13.9. The molecule has 4 heteroatoms. The molecule has 2 atom stereocenters. The molecule has 0 aliphatic carbocycles. The van der Waals surface area contributed by atoms with E-state index in [4.69, 9.17) is 10.5 Å². The molecule has 0 spiro atoms. The van der Waals surface area contributed by atoms with Crippen LogP contribution in [-0.2, 0) is 11.3 Å². The third-order valence-corrected chi connectivity index (χ3v) is 3.91. The van der Waals surface area contributed by atoms with E-state index in [9.17, 15) is 4.39 Å². The van der Waals surface area contributed by atoms with E-state index in [-0.39, 0.29) is 11.9 Å². The van der Waals surface area contributed by atoms with Gasteiger partial charge in [-0.2, -0.15) is 0 Å². The van der Waals surface area contributed by atoms with Crippen molar-refractivity contribution < 1.29 is 9.13 Å². The van der Waals surface area contributed by atoms with Crippen LogP contribution in [0.1, 0.15) is 29.9 Å². The van der Waals surface area contributed by atoms with Crippen molar-refractivity contribution in [1.29, 1.82) is 0 Å². The molecular weight excluding hydrogens is 261 g/mol. The van der Waals surface area contributed by atoms with Gasteiger partial charge in [-0.05, 0) is 23.9 Å². The molecule has 0 amide bonds. The molecule has 0 radical (unpaired) electrons. The van der Waals surface area contributed by atoms with E-state index in [2.05, 4.69) is 0 Å². The van der Waals surface area contributed by atoms with Crippen LogP contribution in [0.3, 0.4) is 0 Å². The second-order valence-corrected chi connectivity index (χ2v) is 5.44. The highest BCUT2D eigenvalue weighted by atomic mass is 32.1. The van der Waals surface area contributed by atoms with Gasteiger partial charge in [0.15, 0.2) is 0 Å². The summed E-state index contributed by atoms with van der Waals surface area (Å²) >= 11 is 1.62. The molecule has 1 aromatic carbocycles. The zero-order valence-electron chi connectivity index (χ0n) is 10.9. The summed E-state index contributed by atoms with van der Waals surface area (Å²) in [5.74, 6) is -0.262. The van der Waals surface area contributed by atoms with Crippen molar-refractivity contribution in [2.75, 3.05) is 0 Å². The Kier molecular flexibility index (Phi) is 5.07. The third kappa shape index (κ3) is 3.62. The SMILES string of the molecule is CCC(N)C(OCc1cccs1)c1ccccc1F. The highest BCUT2D eigenvalue weighted by Crippen LogP contribution is 2.26. The van der Waals surface area contributed by atoms with E-state index in [1.165, 1.54) is 6.07 Å². The van der Waals surface area contributed by atoms with E-state index in [1.807, 2.05) is 30.5 Å². The normalized spacial score (nSPS) is 14.3. The summed E-state index contributed by atoms with van der Waals surface area (Å²) in [5.41, 5.74) is 6.60. The van der Waals surface area contributed by atoms with Crippen LogP contribution in [0.5, 0.6) is 0 Å². The Morgan fingerprint density at radius 3 is 2.68 bits per heavy atom. The topological polar surface area (TPSA) is 35.2 Å². The second-order valence-electron chi connectivity index (χ2n) is 4.40. The standard InChI is InChI=1S/C15H18FNOS/c1-2-14(17)15(12-7-3-4-8-13(12)16)18-10-11-6-5-9-19-11/h3-9,14-15H,2,10,17H2,1H3. The number of hydrogen-bond donors (Lipinski definition) is 1. The number of benzene rings is 1. The van der Waals surface area contributed by atoms with Gasteiger partial charge in [0.05, 0.1) is 6.61 Å². The maximum Gasteiger partial charge on any atom is 0.129 e. The molecule has 0 bridgehead atoms. The van der Waals surface area contributed by atoms with Crippen molar-refractivity contribution in [3.63, 3.8) is 0 Å². The number of hydrogen-bond acceptors (Lipinski definition) is 3. The molecule has 2 unspecified atom stereocenters. The predicted molar refractivity (Wildman–Crippen MR) is 76.5 cm³/mol. The second kappa shape index (κ2) is 6.80. The largest absolute Gasteiger partial charge is 0.366 e. The van der Waals surface area contributed by atoms with Crippen molar-refractivity contribution in [3.8, 4) is 0 Å². The summed E-state index contributed by atoms with van der Waals surface area (Å²) < 4.78 is 19.7. The van der Waals surface area contributed by atoms with E-state index in [0.29, 0.717) is 12.2 Å². The molecule has 102 valence electrons. The maximum absolute atomic E-state index is 13.9. The monoisotopic (exact) mass is 279 g/mol. The van der Waals surface area contributed by atoms with Crippen LogP contribution in [0.2, 0.25) is 0 Å². The molecule has 2 nitrogen and oxygen atoms in total. The minimum atomic E-state index is -0.409. The number of rotatable bonds is 6. The van der Waals surface area contributed by atoms with Crippen LogP contribution in [0.4, 0.5) is 4.39 Å². The van der Waals surface area contributed by atoms with Gasteiger partial charge in [0.1, 0.15) is 11.9 Å². The average molecular weight is 279 g/mol. The first-order valence-electron chi connectivity index (χ1n) is 6.36. The molecule has 2 aromatic rings. The third-order valence-electron chi connectivity index (χ3n) is 3.06. The number of thiophene rings is 1. The molecule has 2 rings (SSSR count). The first kappa shape index (κ1) is 14.2. The van der Waals surface area contributed by atoms with Gasteiger partial charge in [0.25, 0.3) is 0 Å². The fourth-order valence-corrected chi connectivity index (χ4v) is 2.56. The van der Waals surface area contributed by atoms with Crippen LogP contribution >= 0.6 is 11.3 Å². The molecule has 0 saturated heterocycles. The quantitative estimate of drug-likeness (QED) is 0.871. The van der Waals surface area contributed by atoms with E-state index < -0.39 is 6.10 Å². The Balaban J connectivity index is 2.14. The van der Waals surface area contributed by atoms with Gasteiger partial charge < -0.3 is 10.5 Å². The van der Waals surface area contributed by atoms with Gasteiger partial charge in [0.2, 0.25) is 0 Å². The molecule has 2 N–H and O–H groups in total. The lowest BCUT2D eigenvalue weighted by Gasteiger charge is -2.24. The van der Waals surface area contributed by atoms with Gasteiger partial charge in [-0.25, -0.2) is 4.39 Å². The highest BCUT2D eigenvalue weighted by molar-refractivity contribution is 7.09. The van der Waals surface area contributed by atoms with Gasteiger partial charge in [-0.15, -0.1) is 11.3 Å². The molecule has 19 heavy (non-hydrogen) atoms. The fraction of sp³-hybridized carbons (Fsp3) is 0.333. The minimum absolute atomic E-state index is 0.211. The summed E-state index contributed by atoms with van der Waals surface area (Å²) in [6.07, 6.45) is 0.331. The molecular formula is C15H18FNOS. The van der Waals surface area contributed by atoms with E-state index in [0.717, 1.165) is 11.3 Å². The van der Waals surface area contributed by atoms with Crippen LogP contribution in [0.25, 0.3) is 0 Å². The van der Waals surface area contributed by atoms with E-state index >= 15 is 0 Å². The smallest absolute Gasteiger partial charge is 0.129 e. The van der Waals surface area contributed by atoms with Gasteiger partial charge in [-0.1, -0.05) is 31.2 Å². The predicted octanol–water partition coefficient (Wildman–Crippen LogP) is 3.88. The number of nitrogens with two attached hydrogens (primary N) is 1. The Morgan fingerprint density at radius 1 is 1.26 bits per heavy atom. The summed E-state index contributed by atoms with van der Waals surface area (Å²) in [7, 11) is 0. The van der Waals surface area contributed by atoms with Gasteiger partial charge >= 0.3 is 0 Å². The number of ether oxygens (including phenoxy) is 1. The Labute approximate surface area is 117 Å². The van der Waals surface area contributed by atoms with Crippen molar-refractivity contribution in [2.45, 2.75) is 32.1 Å². The molecule has 0 fully saturated rings. The average Bonchev–Trinajstić information content (AvgIpc) is 2.93. The molecule has 0 aliphatic rings. The Morgan fingerprint density at radius 2 is 2.05 bits per heavy atom. The minimum Gasteiger partial charge on any atom is -0.366 e. The number of halogens is 1. The first-order valence-corrected chi connectivity index (χ1v) is 7.24. The van der Waals surface area contributed by atoms with Gasteiger partial charge in [-0.3, -0.25) is 0 Å².